The van der Waals surface area contributed by atoms with E-state index in [1.165, 1.54) is 12.8 Å². The molecule has 0 aromatic carbocycles. The molecule has 0 aromatic rings. The smallest absolute Gasteiger partial charge is 0.317 e. The summed E-state index contributed by atoms with van der Waals surface area (Å²) in [5.74, 6) is -0.771. The van der Waals surface area contributed by atoms with Crippen molar-refractivity contribution >= 4 is 12.0 Å². The first-order valence-electron chi connectivity index (χ1n) is 8.11. The molecule has 1 unspecified atom stereocenters. The van der Waals surface area contributed by atoms with E-state index < -0.39 is 11.4 Å². The second-order valence-electron chi connectivity index (χ2n) is 6.73. The monoisotopic (exact) mass is 295 g/mol. The third-order valence-corrected chi connectivity index (χ3v) is 5.43. The molecule has 3 fully saturated rings. The number of carboxylic acids is 1. The summed E-state index contributed by atoms with van der Waals surface area (Å²) in [5, 5.41) is 12.2. The molecule has 6 nitrogen and oxygen atoms in total. The lowest BCUT2D eigenvalue weighted by Gasteiger charge is -2.38. The van der Waals surface area contributed by atoms with E-state index in [-0.39, 0.29) is 12.6 Å². The molecule has 1 aliphatic carbocycles. The fraction of sp³-hybridized carbons (Fsp3) is 0.867. The van der Waals surface area contributed by atoms with Gasteiger partial charge in [-0.25, -0.2) is 4.79 Å². The number of carbonyl (C=O) groups is 2. The van der Waals surface area contributed by atoms with Crippen LogP contribution < -0.4 is 5.32 Å². The van der Waals surface area contributed by atoms with Crippen LogP contribution in [0.25, 0.3) is 0 Å². The average molecular weight is 295 g/mol. The van der Waals surface area contributed by atoms with Gasteiger partial charge in [-0.3, -0.25) is 9.69 Å². The SMILES string of the molecule is O=C(NCC1(C(=O)O)CCC1)N1CCCN2CCCC2C1. The van der Waals surface area contributed by atoms with E-state index in [4.69, 9.17) is 0 Å². The molecule has 0 bridgehead atoms. The standard InChI is InChI=1S/C15H25N3O3/c19-13(20)15(5-2-6-15)11-16-14(21)18-9-3-8-17-7-1-4-12(17)10-18/h12H,1-11H2,(H,16,21)(H,19,20). The number of hydrogen-bond acceptors (Lipinski definition) is 3. The van der Waals surface area contributed by atoms with E-state index in [1.54, 1.807) is 0 Å². The van der Waals surface area contributed by atoms with Crippen LogP contribution in [0.4, 0.5) is 4.79 Å². The van der Waals surface area contributed by atoms with E-state index in [2.05, 4.69) is 10.2 Å². The Labute approximate surface area is 125 Å². The van der Waals surface area contributed by atoms with Crippen LogP contribution in [-0.2, 0) is 4.79 Å². The minimum Gasteiger partial charge on any atom is -0.481 e. The first-order valence-corrected chi connectivity index (χ1v) is 8.11. The number of fused-ring (bicyclic) bond motifs is 1. The lowest BCUT2D eigenvalue weighted by Crippen LogP contribution is -2.51. The van der Waals surface area contributed by atoms with Crippen molar-refractivity contribution in [2.75, 3.05) is 32.7 Å². The highest BCUT2D eigenvalue weighted by molar-refractivity contribution is 5.79. The lowest BCUT2D eigenvalue weighted by molar-refractivity contribution is -0.153. The molecule has 3 aliphatic rings. The predicted octanol–water partition coefficient (Wildman–Crippen LogP) is 1.12. The number of carboxylic acid groups (broad SMARTS) is 1. The van der Waals surface area contributed by atoms with Gasteiger partial charge < -0.3 is 15.3 Å². The van der Waals surface area contributed by atoms with Gasteiger partial charge in [0, 0.05) is 32.2 Å². The average Bonchev–Trinajstić information content (AvgIpc) is 2.74. The van der Waals surface area contributed by atoms with Crippen molar-refractivity contribution in [3.05, 3.63) is 0 Å². The highest BCUT2D eigenvalue weighted by atomic mass is 16.4. The minimum atomic E-state index is -0.771. The summed E-state index contributed by atoms with van der Waals surface area (Å²) in [4.78, 5) is 28.0. The summed E-state index contributed by atoms with van der Waals surface area (Å²) in [7, 11) is 0. The first kappa shape index (κ1) is 14.6. The normalized spacial score (nSPS) is 28.4. The van der Waals surface area contributed by atoms with Gasteiger partial charge in [0.25, 0.3) is 0 Å². The summed E-state index contributed by atoms with van der Waals surface area (Å²) in [6.45, 7) is 4.06. The van der Waals surface area contributed by atoms with Crippen LogP contribution in [-0.4, -0.2) is 65.7 Å². The van der Waals surface area contributed by atoms with Gasteiger partial charge in [0.1, 0.15) is 0 Å². The van der Waals surface area contributed by atoms with Crippen molar-refractivity contribution in [3.63, 3.8) is 0 Å². The molecule has 1 saturated carbocycles. The molecular formula is C15H25N3O3. The predicted molar refractivity (Wildman–Crippen MR) is 78.1 cm³/mol. The van der Waals surface area contributed by atoms with E-state index in [0.717, 1.165) is 39.0 Å². The maximum atomic E-state index is 12.4. The Morgan fingerprint density at radius 1 is 1.14 bits per heavy atom. The van der Waals surface area contributed by atoms with Crippen LogP contribution in [0.15, 0.2) is 0 Å². The number of nitrogens with one attached hydrogen (secondary N) is 1. The van der Waals surface area contributed by atoms with Gasteiger partial charge in [-0.05, 0) is 38.6 Å². The molecule has 0 spiro atoms. The lowest BCUT2D eigenvalue weighted by atomic mass is 9.69. The fourth-order valence-electron chi connectivity index (χ4n) is 3.82. The quantitative estimate of drug-likeness (QED) is 0.818. The van der Waals surface area contributed by atoms with Crippen molar-refractivity contribution in [1.29, 1.82) is 0 Å². The Morgan fingerprint density at radius 2 is 1.90 bits per heavy atom. The maximum Gasteiger partial charge on any atom is 0.317 e. The highest BCUT2D eigenvalue weighted by Crippen LogP contribution is 2.40. The summed E-state index contributed by atoms with van der Waals surface area (Å²) in [5.41, 5.74) is -0.707. The molecule has 118 valence electrons. The molecular weight excluding hydrogens is 270 g/mol. The van der Waals surface area contributed by atoms with Crippen molar-refractivity contribution < 1.29 is 14.7 Å². The molecule has 21 heavy (non-hydrogen) atoms. The number of urea groups is 1. The zero-order chi connectivity index (χ0) is 14.9. The van der Waals surface area contributed by atoms with E-state index in [0.29, 0.717) is 18.9 Å². The first-order chi connectivity index (χ1) is 10.1. The van der Waals surface area contributed by atoms with Crippen LogP contribution >= 0.6 is 0 Å². The van der Waals surface area contributed by atoms with Gasteiger partial charge >= 0.3 is 12.0 Å². The third kappa shape index (κ3) is 2.86. The second-order valence-corrected chi connectivity index (χ2v) is 6.73. The van der Waals surface area contributed by atoms with Crippen molar-refractivity contribution in [3.8, 4) is 0 Å². The number of amides is 2. The molecule has 0 radical (unpaired) electrons. The van der Waals surface area contributed by atoms with Gasteiger partial charge in [-0.2, -0.15) is 0 Å². The molecule has 2 heterocycles. The molecule has 2 amide bonds. The number of aliphatic carboxylic acids is 1. The Balaban J connectivity index is 1.54. The molecule has 2 aliphatic heterocycles. The van der Waals surface area contributed by atoms with Crippen molar-refractivity contribution in [2.24, 2.45) is 5.41 Å². The summed E-state index contributed by atoms with van der Waals surface area (Å²) in [6, 6.07) is 0.409. The minimum absolute atomic E-state index is 0.0868. The summed E-state index contributed by atoms with van der Waals surface area (Å²) in [6.07, 6.45) is 5.71. The number of carbonyl (C=O) groups excluding carboxylic acids is 1. The van der Waals surface area contributed by atoms with Gasteiger partial charge in [-0.15, -0.1) is 0 Å². The highest BCUT2D eigenvalue weighted by Gasteiger charge is 2.44. The van der Waals surface area contributed by atoms with Crippen molar-refractivity contribution in [2.45, 2.75) is 44.6 Å². The molecule has 2 saturated heterocycles. The Kier molecular flexibility index (Phi) is 4.06. The van der Waals surface area contributed by atoms with E-state index in [1.807, 2.05) is 4.90 Å². The van der Waals surface area contributed by atoms with Crippen LogP contribution in [0.2, 0.25) is 0 Å². The van der Waals surface area contributed by atoms with Crippen molar-refractivity contribution in [1.82, 2.24) is 15.1 Å². The molecule has 0 aromatic heterocycles. The molecule has 3 rings (SSSR count). The number of rotatable bonds is 3. The maximum absolute atomic E-state index is 12.4. The van der Waals surface area contributed by atoms with E-state index >= 15 is 0 Å². The zero-order valence-corrected chi connectivity index (χ0v) is 12.5. The van der Waals surface area contributed by atoms with Gasteiger partial charge in [-0.1, -0.05) is 6.42 Å². The van der Waals surface area contributed by atoms with Gasteiger partial charge in [0.2, 0.25) is 0 Å². The second kappa shape index (κ2) is 5.83. The fourth-order valence-corrected chi connectivity index (χ4v) is 3.82. The van der Waals surface area contributed by atoms with Gasteiger partial charge in [0.15, 0.2) is 0 Å². The topological polar surface area (TPSA) is 72.9 Å². The largest absolute Gasteiger partial charge is 0.481 e. The van der Waals surface area contributed by atoms with E-state index in [9.17, 15) is 14.7 Å². The zero-order valence-electron chi connectivity index (χ0n) is 12.5. The number of nitrogens with zero attached hydrogens (tertiary/aromatic N) is 2. The Hall–Kier alpha value is -1.30. The van der Waals surface area contributed by atoms with Gasteiger partial charge in [0.05, 0.1) is 5.41 Å². The summed E-state index contributed by atoms with van der Waals surface area (Å²) >= 11 is 0. The molecule has 6 heteroatoms. The van der Waals surface area contributed by atoms with Crippen LogP contribution in [0.5, 0.6) is 0 Å². The van der Waals surface area contributed by atoms with Crippen LogP contribution in [0, 0.1) is 5.41 Å². The summed E-state index contributed by atoms with van der Waals surface area (Å²) < 4.78 is 0. The molecule has 2 N–H and O–H groups in total. The number of hydrogen-bond donors (Lipinski definition) is 2. The third-order valence-electron chi connectivity index (χ3n) is 5.43. The Bertz CT molecular complexity index is 422. The van der Waals surface area contributed by atoms with Crippen LogP contribution in [0.1, 0.15) is 38.5 Å². The van der Waals surface area contributed by atoms with Crippen LogP contribution in [0.3, 0.4) is 0 Å². The Morgan fingerprint density at radius 3 is 2.57 bits per heavy atom. The molecule has 1 atom stereocenters.